The molecule has 0 aliphatic heterocycles. The van der Waals surface area contributed by atoms with Gasteiger partial charge in [-0.05, 0) is 76.3 Å². The second-order valence-electron chi connectivity index (χ2n) is 6.45. The highest BCUT2D eigenvalue weighted by Gasteiger charge is 2.22. The van der Waals surface area contributed by atoms with E-state index in [1.165, 1.54) is 0 Å². The smallest absolute Gasteiger partial charge is 0.235 e. The van der Waals surface area contributed by atoms with Gasteiger partial charge in [-0.1, -0.05) is 0 Å². The molecule has 2 rings (SSSR count). The largest absolute Gasteiger partial charge is 0.316 e. The number of aliphatic imine (C=N–C) groups is 2. The molecular formula is C16H25N3O2. The van der Waals surface area contributed by atoms with Crippen LogP contribution in [0.5, 0.6) is 0 Å². The molecule has 0 saturated heterocycles. The first kappa shape index (κ1) is 16.1. The normalized spacial score (nSPS) is 32.8. The van der Waals surface area contributed by atoms with Gasteiger partial charge in [-0.2, -0.15) is 0 Å². The van der Waals surface area contributed by atoms with Crippen LogP contribution in [0.25, 0.3) is 0 Å². The summed E-state index contributed by atoms with van der Waals surface area (Å²) in [6.07, 6.45) is 12.1. The van der Waals surface area contributed by atoms with Crippen LogP contribution in [0.1, 0.15) is 51.4 Å². The lowest BCUT2D eigenvalue weighted by Gasteiger charge is -2.28. The van der Waals surface area contributed by atoms with Crippen molar-refractivity contribution >= 4 is 12.2 Å². The van der Waals surface area contributed by atoms with Crippen LogP contribution in [-0.4, -0.2) is 37.3 Å². The molecule has 2 saturated carbocycles. The first-order valence-corrected chi connectivity index (χ1v) is 8.16. The fourth-order valence-electron chi connectivity index (χ4n) is 3.60. The van der Waals surface area contributed by atoms with E-state index < -0.39 is 0 Å². The van der Waals surface area contributed by atoms with Crippen LogP contribution < -0.4 is 5.32 Å². The third kappa shape index (κ3) is 5.55. The molecule has 0 aromatic rings. The molecule has 0 radical (unpaired) electrons. The van der Waals surface area contributed by atoms with Gasteiger partial charge >= 0.3 is 0 Å². The minimum atomic E-state index is 0.215. The topological polar surface area (TPSA) is 70.9 Å². The molecule has 2 aliphatic carbocycles. The van der Waals surface area contributed by atoms with Gasteiger partial charge in [-0.3, -0.25) is 0 Å². The Morgan fingerprint density at radius 2 is 1.10 bits per heavy atom. The van der Waals surface area contributed by atoms with Gasteiger partial charge in [0.05, 0.1) is 12.1 Å². The van der Waals surface area contributed by atoms with Crippen molar-refractivity contribution in [3.63, 3.8) is 0 Å². The monoisotopic (exact) mass is 291 g/mol. The molecule has 116 valence electrons. The molecule has 21 heavy (non-hydrogen) atoms. The highest BCUT2D eigenvalue weighted by Crippen LogP contribution is 2.27. The SMILES string of the molecule is O=C=NC1CCC(CNCC2CCC(N=C=O)CC2)CC1. The van der Waals surface area contributed by atoms with Crippen molar-refractivity contribution in [2.75, 3.05) is 13.1 Å². The second-order valence-corrected chi connectivity index (χ2v) is 6.45. The molecular weight excluding hydrogens is 266 g/mol. The van der Waals surface area contributed by atoms with Crippen molar-refractivity contribution in [1.82, 2.24) is 5.32 Å². The number of hydrogen-bond acceptors (Lipinski definition) is 5. The summed E-state index contributed by atoms with van der Waals surface area (Å²) in [5, 5.41) is 3.60. The van der Waals surface area contributed by atoms with Crippen molar-refractivity contribution in [3.8, 4) is 0 Å². The van der Waals surface area contributed by atoms with Crippen LogP contribution in [0.4, 0.5) is 0 Å². The van der Waals surface area contributed by atoms with Crippen LogP contribution >= 0.6 is 0 Å². The van der Waals surface area contributed by atoms with Gasteiger partial charge in [0.15, 0.2) is 0 Å². The lowest BCUT2D eigenvalue weighted by atomic mass is 9.85. The summed E-state index contributed by atoms with van der Waals surface area (Å²) < 4.78 is 0. The molecule has 2 fully saturated rings. The standard InChI is InChI=1S/C16H25N3O2/c20-11-18-15-5-1-13(2-6-15)9-17-10-14-3-7-16(8-4-14)19-12-21/h13-17H,1-10H2. The summed E-state index contributed by atoms with van der Waals surface area (Å²) >= 11 is 0. The average molecular weight is 291 g/mol. The molecule has 2 aliphatic rings. The molecule has 0 bridgehead atoms. The van der Waals surface area contributed by atoms with Crippen molar-refractivity contribution in [3.05, 3.63) is 0 Å². The van der Waals surface area contributed by atoms with Crippen LogP contribution in [0.3, 0.4) is 0 Å². The lowest BCUT2D eigenvalue weighted by Crippen LogP contribution is -2.32. The van der Waals surface area contributed by atoms with Gasteiger partial charge in [0.1, 0.15) is 0 Å². The van der Waals surface area contributed by atoms with Gasteiger partial charge in [0, 0.05) is 0 Å². The number of rotatable bonds is 6. The number of hydrogen-bond donors (Lipinski definition) is 1. The lowest BCUT2D eigenvalue weighted by molar-refractivity contribution is 0.283. The van der Waals surface area contributed by atoms with E-state index in [-0.39, 0.29) is 12.1 Å². The van der Waals surface area contributed by atoms with Crippen molar-refractivity contribution < 1.29 is 9.59 Å². The minimum Gasteiger partial charge on any atom is -0.316 e. The van der Waals surface area contributed by atoms with Crippen LogP contribution in [0, 0.1) is 11.8 Å². The number of carbonyl (C=O) groups excluding carboxylic acids is 2. The maximum atomic E-state index is 10.2. The van der Waals surface area contributed by atoms with E-state index in [0.717, 1.165) is 76.3 Å². The van der Waals surface area contributed by atoms with Crippen molar-refractivity contribution in [2.45, 2.75) is 63.5 Å². The summed E-state index contributed by atoms with van der Waals surface area (Å²) in [5.41, 5.74) is 0. The Morgan fingerprint density at radius 1 is 0.714 bits per heavy atom. The van der Waals surface area contributed by atoms with Crippen molar-refractivity contribution in [1.29, 1.82) is 0 Å². The average Bonchev–Trinajstić information content (AvgIpc) is 2.51. The minimum absolute atomic E-state index is 0.215. The molecule has 5 heteroatoms. The van der Waals surface area contributed by atoms with E-state index in [0.29, 0.717) is 0 Å². The summed E-state index contributed by atoms with van der Waals surface area (Å²) in [6, 6.07) is 0.430. The molecule has 0 spiro atoms. The second kappa shape index (κ2) is 8.89. The van der Waals surface area contributed by atoms with E-state index in [4.69, 9.17) is 0 Å². The number of nitrogens with one attached hydrogen (secondary N) is 1. The number of nitrogens with zero attached hydrogens (tertiary/aromatic N) is 2. The summed E-state index contributed by atoms with van der Waals surface area (Å²) in [7, 11) is 0. The molecule has 0 unspecified atom stereocenters. The summed E-state index contributed by atoms with van der Waals surface area (Å²) in [6.45, 7) is 2.15. The van der Waals surface area contributed by atoms with E-state index >= 15 is 0 Å². The quantitative estimate of drug-likeness (QED) is 0.603. The zero-order valence-electron chi connectivity index (χ0n) is 12.6. The van der Waals surface area contributed by atoms with Gasteiger partial charge in [0.25, 0.3) is 0 Å². The molecule has 0 amide bonds. The van der Waals surface area contributed by atoms with Gasteiger partial charge < -0.3 is 5.32 Å². The van der Waals surface area contributed by atoms with Crippen LogP contribution in [-0.2, 0) is 9.59 Å². The molecule has 5 nitrogen and oxygen atoms in total. The predicted octanol–water partition coefficient (Wildman–Crippen LogP) is 2.37. The third-order valence-corrected chi connectivity index (χ3v) is 4.97. The predicted molar refractivity (Wildman–Crippen MR) is 80.6 cm³/mol. The summed E-state index contributed by atoms with van der Waals surface area (Å²) in [5.74, 6) is 1.44. The first-order chi connectivity index (χ1) is 10.3. The fourth-order valence-corrected chi connectivity index (χ4v) is 3.60. The van der Waals surface area contributed by atoms with Crippen molar-refractivity contribution in [2.24, 2.45) is 21.8 Å². The molecule has 0 heterocycles. The van der Waals surface area contributed by atoms with Crippen LogP contribution in [0.15, 0.2) is 9.98 Å². The van der Waals surface area contributed by atoms with Gasteiger partial charge in [-0.25, -0.2) is 19.6 Å². The molecule has 1 N–H and O–H groups in total. The molecule has 0 atom stereocenters. The van der Waals surface area contributed by atoms with Crippen LogP contribution in [0.2, 0.25) is 0 Å². The molecule has 0 aromatic carbocycles. The Hall–Kier alpha value is -1.28. The fraction of sp³-hybridized carbons (Fsp3) is 0.875. The highest BCUT2D eigenvalue weighted by atomic mass is 16.1. The Kier molecular flexibility index (Phi) is 6.81. The Bertz CT molecular complexity index is 360. The van der Waals surface area contributed by atoms with E-state index in [1.807, 2.05) is 0 Å². The van der Waals surface area contributed by atoms with Gasteiger partial charge in [-0.15, -0.1) is 0 Å². The highest BCUT2D eigenvalue weighted by molar-refractivity contribution is 5.33. The van der Waals surface area contributed by atoms with E-state index in [9.17, 15) is 9.59 Å². The van der Waals surface area contributed by atoms with E-state index in [2.05, 4.69) is 15.3 Å². The Balaban J connectivity index is 1.56. The Morgan fingerprint density at radius 3 is 1.43 bits per heavy atom. The zero-order valence-corrected chi connectivity index (χ0v) is 12.6. The maximum absolute atomic E-state index is 10.2. The maximum Gasteiger partial charge on any atom is 0.235 e. The first-order valence-electron chi connectivity index (χ1n) is 8.16. The van der Waals surface area contributed by atoms with Gasteiger partial charge in [0.2, 0.25) is 12.2 Å². The molecule has 0 aromatic heterocycles. The van der Waals surface area contributed by atoms with E-state index in [1.54, 1.807) is 12.2 Å². The Labute approximate surface area is 126 Å². The zero-order chi connectivity index (χ0) is 14.9. The number of isocyanates is 2. The summed E-state index contributed by atoms with van der Waals surface area (Å²) in [4.78, 5) is 28.1. The third-order valence-electron chi connectivity index (χ3n) is 4.97.